The predicted octanol–water partition coefficient (Wildman–Crippen LogP) is 4.07. The van der Waals surface area contributed by atoms with Crippen molar-refractivity contribution in [1.82, 2.24) is 9.80 Å². The predicted molar refractivity (Wildman–Crippen MR) is 108 cm³/mol. The topological polar surface area (TPSA) is 26.8 Å². The highest BCUT2D eigenvalue weighted by Crippen LogP contribution is 2.24. The molecule has 0 saturated carbocycles. The fourth-order valence-corrected chi connectivity index (χ4v) is 3.54. The fourth-order valence-electron chi connectivity index (χ4n) is 3.54. The third-order valence-electron chi connectivity index (χ3n) is 5.34. The Morgan fingerprint density at radius 1 is 0.962 bits per heavy atom. The number of piperazine rings is 1. The average molecular weight is 351 g/mol. The number of aryl methyl sites for hydroxylation is 1. The van der Waals surface area contributed by atoms with Gasteiger partial charge in [-0.15, -0.1) is 0 Å². The molecule has 1 fully saturated rings. The summed E-state index contributed by atoms with van der Waals surface area (Å²) in [6.45, 7) is 11.1. The highest BCUT2D eigenvalue weighted by atomic mass is 16.2. The minimum absolute atomic E-state index is 0.150. The molecule has 1 aliphatic rings. The van der Waals surface area contributed by atoms with Crippen LogP contribution < -0.4 is 4.90 Å². The molecule has 2 aromatic carbocycles. The first-order chi connectivity index (χ1) is 12.6. The van der Waals surface area contributed by atoms with Crippen LogP contribution in [0.5, 0.6) is 0 Å². The largest absolute Gasteiger partial charge is 0.368 e. The Labute approximate surface area is 157 Å². The van der Waals surface area contributed by atoms with Crippen LogP contribution in [0.1, 0.15) is 23.6 Å². The van der Waals surface area contributed by atoms with Crippen LogP contribution in [0.15, 0.2) is 48.5 Å². The summed E-state index contributed by atoms with van der Waals surface area (Å²) in [6, 6.07) is 16.8. The third-order valence-corrected chi connectivity index (χ3v) is 5.34. The molecule has 0 aromatic heterocycles. The van der Waals surface area contributed by atoms with E-state index in [1.54, 1.807) is 0 Å². The summed E-state index contributed by atoms with van der Waals surface area (Å²) in [5, 5.41) is 0. The number of carbonyl (C=O) groups excluding carboxylic acids is 1. The molecule has 0 radical (unpaired) electrons. The lowest BCUT2D eigenvalue weighted by molar-refractivity contribution is 0.149. The highest BCUT2D eigenvalue weighted by molar-refractivity contribution is 5.75. The Bertz CT molecular complexity index is 736. The molecule has 138 valence electrons. The SMILES string of the molecule is CCN(Cc1ccccc1)C(=O)N1CCN(c2cccc(C)c2C)CC1. The van der Waals surface area contributed by atoms with Crippen molar-refractivity contribution < 1.29 is 4.79 Å². The number of urea groups is 1. The van der Waals surface area contributed by atoms with Gasteiger partial charge in [-0.2, -0.15) is 0 Å². The van der Waals surface area contributed by atoms with Crippen molar-refractivity contribution >= 4 is 11.7 Å². The van der Waals surface area contributed by atoms with E-state index in [1.165, 1.54) is 22.4 Å². The van der Waals surface area contributed by atoms with Crippen molar-refractivity contribution in [1.29, 1.82) is 0 Å². The van der Waals surface area contributed by atoms with Crippen LogP contribution in [0.3, 0.4) is 0 Å². The minimum atomic E-state index is 0.150. The van der Waals surface area contributed by atoms with E-state index in [4.69, 9.17) is 0 Å². The van der Waals surface area contributed by atoms with Gasteiger partial charge >= 0.3 is 6.03 Å². The number of nitrogens with zero attached hydrogens (tertiary/aromatic N) is 3. The number of hydrogen-bond acceptors (Lipinski definition) is 2. The van der Waals surface area contributed by atoms with Crippen LogP contribution in [-0.4, -0.2) is 48.6 Å². The molecule has 0 aliphatic carbocycles. The van der Waals surface area contributed by atoms with Crippen molar-refractivity contribution in [3.63, 3.8) is 0 Å². The number of hydrogen-bond donors (Lipinski definition) is 0. The summed E-state index contributed by atoms with van der Waals surface area (Å²) in [4.78, 5) is 19.3. The van der Waals surface area contributed by atoms with Gasteiger partial charge in [0.2, 0.25) is 0 Å². The number of amides is 2. The number of carbonyl (C=O) groups is 1. The third kappa shape index (κ3) is 4.01. The maximum absolute atomic E-state index is 12.9. The molecule has 2 aromatic rings. The molecular formula is C22H29N3O. The van der Waals surface area contributed by atoms with Crippen LogP contribution in [0.4, 0.5) is 10.5 Å². The first-order valence-corrected chi connectivity index (χ1v) is 9.49. The summed E-state index contributed by atoms with van der Waals surface area (Å²) in [5.74, 6) is 0. The second-order valence-electron chi connectivity index (χ2n) is 6.98. The zero-order valence-electron chi connectivity index (χ0n) is 16.1. The van der Waals surface area contributed by atoms with Gasteiger partial charge in [-0.1, -0.05) is 42.5 Å². The molecule has 3 rings (SSSR count). The summed E-state index contributed by atoms with van der Waals surface area (Å²) >= 11 is 0. The highest BCUT2D eigenvalue weighted by Gasteiger charge is 2.25. The molecule has 1 heterocycles. The Morgan fingerprint density at radius 2 is 1.65 bits per heavy atom. The average Bonchev–Trinajstić information content (AvgIpc) is 2.69. The lowest BCUT2D eigenvalue weighted by Crippen LogP contribution is -2.52. The zero-order valence-corrected chi connectivity index (χ0v) is 16.1. The standard InChI is InChI=1S/C22H29N3O/c1-4-23(17-20-10-6-5-7-11-20)22(26)25-15-13-24(14-16-25)21-12-8-9-18(2)19(21)3/h5-12H,4,13-17H2,1-3H3. The Hall–Kier alpha value is -2.49. The molecule has 2 amide bonds. The molecule has 1 aliphatic heterocycles. The summed E-state index contributed by atoms with van der Waals surface area (Å²) < 4.78 is 0. The maximum Gasteiger partial charge on any atom is 0.320 e. The van der Waals surface area contributed by atoms with Gasteiger partial charge in [0.1, 0.15) is 0 Å². The molecule has 4 heteroatoms. The van der Waals surface area contributed by atoms with Gasteiger partial charge < -0.3 is 14.7 Å². The van der Waals surface area contributed by atoms with Gasteiger partial charge in [0.25, 0.3) is 0 Å². The zero-order chi connectivity index (χ0) is 18.5. The van der Waals surface area contributed by atoms with E-state index in [0.717, 1.165) is 32.7 Å². The first-order valence-electron chi connectivity index (χ1n) is 9.49. The van der Waals surface area contributed by atoms with Gasteiger partial charge in [0, 0.05) is 45.0 Å². The van der Waals surface area contributed by atoms with Gasteiger partial charge in [0.15, 0.2) is 0 Å². The summed E-state index contributed by atoms with van der Waals surface area (Å²) in [7, 11) is 0. The smallest absolute Gasteiger partial charge is 0.320 e. The lowest BCUT2D eigenvalue weighted by Gasteiger charge is -2.39. The van der Waals surface area contributed by atoms with Crippen LogP contribution >= 0.6 is 0 Å². The normalized spacial score (nSPS) is 14.4. The first kappa shape index (κ1) is 18.3. The maximum atomic E-state index is 12.9. The van der Waals surface area contributed by atoms with Crippen LogP contribution in [-0.2, 0) is 6.54 Å². The van der Waals surface area contributed by atoms with E-state index < -0.39 is 0 Å². The minimum Gasteiger partial charge on any atom is -0.368 e. The van der Waals surface area contributed by atoms with Gasteiger partial charge in [-0.3, -0.25) is 0 Å². The number of anilines is 1. The van der Waals surface area contributed by atoms with E-state index >= 15 is 0 Å². The quantitative estimate of drug-likeness (QED) is 0.830. The van der Waals surface area contributed by atoms with Crippen LogP contribution in [0, 0.1) is 13.8 Å². The van der Waals surface area contributed by atoms with Crippen LogP contribution in [0.2, 0.25) is 0 Å². The van der Waals surface area contributed by atoms with E-state index in [-0.39, 0.29) is 6.03 Å². The van der Waals surface area contributed by atoms with E-state index in [2.05, 4.69) is 49.1 Å². The Morgan fingerprint density at radius 3 is 2.31 bits per heavy atom. The summed E-state index contributed by atoms with van der Waals surface area (Å²) in [6.07, 6.45) is 0. The molecule has 1 saturated heterocycles. The van der Waals surface area contributed by atoms with Crippen molar-refractivity contribution in [2.75, 3.05) is 37.6 Å². The van der Waals surface area contributed by atoms with Crippen molar-refractivity contribution in [3.8, 4) is 0 Å². The molecule has 0 spiro atoms. The van der Waals surface area contributed by atoms with E-state index in [9.17, 15) is 4.79 Å². The van der Waals surface area contributed by atoms with Crippen molar-refractivity contribution in [3.05, 3.63) is 65.2 Å². The fraction of sp³-hybridized carbons (Fsp3) is 0.409. The lowest BCUT2D eigenvalue weighted by atomic mass is 10.1. The molecule has 0 N–H and O–H groups in total. The second-order valence-corrected chi connectivity index (χ2v) is 6.98. The molecule has 0 unspecified atom stereocenters. The van der Waals surface area contributed by atoms with Gasteiger partial charge in [-0.05, 0) is 43.5 Å². The van der Waals surface area contributed by atoms with E-state index in [0.29, 0.717) is 6.54 Å². The molecule has 0 atom stereocenters. The van der Waals surface area contributed by atoms with Crippen molar-refractivity contribution in [2.24, 2.45) is 0 Å². The molecule has 0 bridgehead atoms. The van der Waals surface area contributed by atoms with Crippen LogP contribution in [0.25, 0.3) is 0 Å². The van der Waals surface area contributed by atoms with Gasteiger partial charge in [0.05, 0.1) is 0 Å². The van der Waals surface area contributed by atoms with Crippen molar-refractivity contribution in [2.45, 2.75) is 27.3 Å². The monoisotopic (exact) mass is 351 g/mol. The molecular weight excluding hydrogens is 322 g/mol. The van der Waals surface area contributed by atoms with Gasteiger partial charge in [-0.25, -0.2) is 4.79 Å². The molecule has 4 nitrogen and oxygen atoms in total. The second kappa shape index (κ2) is 8.26. The molecule has 26 heavy (non-hydrogen) atoms. The van der Waals surface area contributed by atoms with E-state index in [1.807, 2.05) is 34.9 Å². The Balaban J connectivity index is 1.61. The Kier molecular flexibility index (Phi) is 5.82. The number of benzene rings is 2. The number of rotatable bonds is 4. The summed E-state index contributed by atoms with van der Waals surface area (Å²) in [5.41, 5.74) is 5.14.